The number of aromatic nitrogens is 1. The number of amides is 1. The second kappa shape index (κ2) is 11.5. The van der Waals surface area contributed by atoms with Crippen LogP contribution in [0.1, 0.15) is 15.9 Å². The summed E-state index contributed by atoms with van der Waals surface area (Å²) in [6, 6.07) is 13.8. The smallest absolute Gasteiger partial charge is 0.257 e. The van der Waals surface area contributed by atoms with E-state index in [2.05, 4.69) is 10.3 Å². The molecule has 0 atom stereocenters. The molecule has 0 aliphatic carbocycles. The molecule has 0 radical (unpaired) electrons. The molecule has 1 N–H and O–H groups in total. The Hall–Kier alpha value is -2.63. The molecule has 0 fully saturated rings. The molecule has 3 aromatic rings. The molecule has 1 aromatic heterocycles. The number of nitrogens with one attached hydrogen (secondary N) is 1. The highest BCUT2D eigenvalue weighted by molar-refractivity contribution is 7.89. The molecule has 0 saturated carbocycles. The number of methoxy groups -OCH3 is 2. The topological polar surface area (TPSA) is 97.8 Å². The van der Waals surface area contributed by atoms with Crippen LogP contribution < -0.4 is 5.32 Å². The number of rotatable bonds is 11. The Kier molecular flexibility index (Phi) is 8.70. The summed E-state index contributed by atoms with van der Waals surface area (Å²) in [6.07, 6.45) is 0. The summed E-state index contributed by atoms with van der Waals surface area (Å²) < 4.78 is 37.3. The second-order valence-electron chi connectivity index (χ2n) is 7.27. The Morgan fingerprint density at radius 2 is 1.61 bits per heavy atom. The van der Waals surface area contributed by atoms with E-state index in [4.69, 9.17) is 9.47 Å². The first-order valence-corrected chi connectivity index (χ1v) is 12.6. The number of anilines is 1. The van der Waals surface area contributed by atoms with Gasteiger partial charge in [-0.15, -0.1) is 11.3 Å². The average Bonchev–Trinajstić information content (AvgIpc) is 3.28. The number of aryl methyl sites for hydroxylation is 1. The molecule has 0 saturated heterocycles. The van der Waals surface area contributed by atoms with E-state index in [9.17, 15) is 13.2 Å². The highest BCUT2D eigenvalue weighted by Crippen LogP contribution is 2.25. The van der Waals surface area contributed by atoms with E-state index in [1.54, 1.807) is 0 Å². The molecular formula is C23H27N3O5S2. The monoisotopic (exact) mass is 489 g/mol. The van der Waals surface area contributed by atoms with Gasteiger partial charge in [-0.1, -0.05) is 29.8 Å². The third-order valence-electron chi connectivity index (χ3n) is 4.92. The number of carbonyl (C=O) groups is 1. The Labute approximate surface area is 198 Å². The van der Waals surface area contributed by atoms with Gasteiger partial charge >= 0.3 is 0 Å². The van der Waals surface area contributed by atoms with E-state index in [1.165, 1.54) is 54.1 Å². The van der Waals surface area contributed by atoms with Gasteiger partial charge in [0.25, 0.3) is 5.91 Å². The standard InChI is InChI=1S/C23H27N3O5S2/c1-17-4-6-18(7-5-17)21-16-32-23(24-21)25-22(27)19-8-10-20(11-9-19)33(28,29)26(12-14-30-2)13-15-31-3/h4-11,16H,12-15H2,1-3H3,(H,24,25,27). The minimum Gasteiger partial charge on any atom is -0.383 e. The quantitative estimate of drug-likeness (QED) is 0.442. The van der Waals surface area contributed by atoms with Crippen LogP contribution in [-0.4, -0.2) is 64.1 Å². The Morgan fingerprint density at radius 1 is 1.00 bits per heavy atom. The Morgan fingerprint density at radius 3 is 2.18 bits per heavy atom. The minimum absolute atomic E-state index is 0.0992. The van der Waals surface area contributed by atoms with Crippen LogP contribution in [0.3, 0.4) is 0 Å². The van der Waals surface area contributed by atoms with Crippen LogP contribution in [0.5, 0.6) is 0 Å². The fourth-order valence-corrected chi connectivity index (χ4v) is 5.15. The van der Waals surface area contributed by atoms with Crippen molar-refractivity contribution in [2.24, 2.45) is 0 Å². The zero-order valence-electron chi connectivity index (χ0n) is 18.8. The van der Waals surface area contributed by atoms with Gasteiger partial charge in [0.2, 0.25) is 10.0 Å². The molecule has 8 nitrogen and oxygen atoms in total. The van der Waals surface area contributed by atoms with Crippen molar-refractivity contribution in [1.29, 1.82) is 0 Å². The summed E-state index contributed by atoms with van der Waals surface area (Å²) in [4.78, 5) is 17.2. The Bertz CT molecular complexity index is 1150. The van der Waals surface area contributed by atoms with E-state index in [-0.39, 0.29) is 37.1 Å². The van der Waals surface area contributed by atoms with Crippen LogP contribution in [-0.2, 0) is 19.5 Å². The lowest BCUT2D eigenvalue weighted by atomic mass is 10.1. The van der Waals surface area contributed by atoms with Crippen LogP contribution in [0.15, 0.2) is 58.8 Å². The summed E-state index contributed by atoms with van der Waals surface area (Å²) in [6.45, 7) is 2.96. The molecule has 1 amide bonds. The van der Waals surface area contributed by atoms with Crippen LogP contribution in [0.25, 0.3) is 11.3 Å². The maximum Gasteiger partial charge on any atom is 0.257 e. The van der Waals surface area contributed by atoms with Gasteiger partial charge in [-0.25, -0.2) is 13.4 Å². The molecule has 0 aliphatic rings. The zero-order chi connectivity index (χ0) is 23.8. The lowest BCUT2D eigenvalue weighted by Crippen LogP contribution is -2.36. The predicted molar refractivity (Wildman–Crippen MR) is 129 cm³/mol. The zero-order valence-corrected chi connectivity index (χ0v) is 20.4. The number of ether oxygens (including phenoxy) is 2. The van der Waals surface area contributed by atoms with E-state index in [0.29, 0.717) is 10.7 Å². The normalized spacial score (nSPS) is 11.6. The molecule has 3 rings (SSSR count). The summed E-state index contributed by atoms with van der Waals surface area (Å²) in [5.41, 5.74) is 3.25. The van der Waals surface area contributed by atoms with Gasteiger partial charge in [0.1, 0.15) is 0 Å². The van der Waals surface area contributed by atoms with Crippen molar-refractivity contribution in [2.45, 2.75) is 11.8 Å². The number of nitrogens with zero attached hydrogens (tertiary/aromatic N) is 2. The molecule has 176 valence electrons. The van der Waals surface area contributed by atoms with E-state index < -0.39 is 10.0 Å². The maximum atomic E-state index is 13.0. The van der Waals surface area contributed by atoms with Gasteiger partial charge in [0.15, 0.2) is 5.13 Å². The summed E-state index contributed by atoms with van der Waals surface area (Å²) >= 11 is 1.33. The van der Waals surface area contributed by atoms with Crippen LogP contribution in [0.2, 0.25) is 0 Å². The molecule has 33 heavy (non-hydrogen) atoms. The van der Waals surface area contributed by atoms with Crippen molar-refractivity contribution >= 4 is 32.4 Å². The lowest BCUT2D eigenvalue weighted by molar-refractivity contribution is 0.102. The van der Waals surface area contributed by atoms with Crippen molar-refractivity contribution in [3.8, 4) is 11.3 Å². The fourth-order valence-electron chi connectivity index (χ4n) is 3.02. The van der Waals surface area contributed by atoms with Crippen molar-refractivity contribution < 1.29 is 22.7 Å². The van der Waals surface area contributed by atoms with E-state index >= 15 is 0 Å². The largest absolute Gasteiger partial charge is 0.383 e. The number of thiazole rings is 1. The minimum atomic E-state index is -3.75. The van der Waals surface area contributed by atoms with Crippen LogP contribution in [0.4, 0.5) is 5.13 Å². The van der Waals surface area contributed by atoms with Gasteiger partial charge in [-0.3, -0.25) is 10.1 Å². The number of hydrogen-bond acceptors (Lipinski definition) is 7. The highest BCUT2D eigenvalue weighted by atomic mass is 32.2. The summed E-state index contributed by atoms with van der Waals surface area (Å²) in [5.74, 6) is -0.362. The average molecular weight is 490 g/mol. The lowest BCUT2D eigenvalue weighted by Gasteiger charge is -2.21. The molecule has 0 aliphatic heterocycles. The first kappa shape index (κ1) is 25.0. The number of benzene rings is 2. The van der Waals surface area contributed by atoms with Gasteiger partial charge in [0, 0.05) is 43.8 Å². The van der Waals surface area contributed by atoms with E-state index in [1.807, 2.05) is 36.6 Å². The first-order valence-electron chi connectivity index (χ1n) is 10.3. The van der Waals surface area contributed by atoms with Crippen molar-refractivity contribution in [3.63, 3.8) is 0 Å². The molecule has 0 bridgehead atoms. The molecule has 2 aromatic carbocycles. The van der Waals surface area contributed by atoms with Gasteiger partial charge < -0.3 is 9.47 Å². The third kappa shape index (κ3) is 6.46. The summed E-state index contributed by atoms with van der Waals surface area (Å²) in [7, 11) is -0.717. The van der Waals surface area contributed by atoms with E-state index in [0.717, 1.165) is 16.8 Å². The Balaban J connectivity index is 1.70. The molecule has 1 heterocycles. The SMILES string of the molecule is COCCN(CCOC)S(=O)(=O)c1ccc(C(=O)Nc2nc(-c3ccc(C)cc3)cs2)cc1. The number of sulfonamides is 1. The molecular weight excluding hydrogens is 462 g/mol. The van der Waals surface area contributed by atoms with Gasteiger partial charge in [-0.05, 0) is 31.2 Å². The highest BCUT2D eigenvalue weighted by Gasteiger charge is 2.24. The molecule has 10 heteroatoms. The van der Waals surface area contributed by atoms with Crippen LogP contribution >= 0.6 is 11.3 Å². The summed E-state index contributed by atoms with van der Waals surface area (Å²) in [5, 5.41) is 5.12. The second-order valence-corrected chi connectivity index (χ2v) is 10.1. The van der Waals surface area contributed by atoms with Gasteiger partial charge in [0.05, 0.1) is 23.8 Å². The molecule has 0 unspecified atom stereocenters. The third-order valence-corrected chi connectivity index (χ3v) is 7.59. The fraction of sp³-hybridized carbons (Fsp3) is 0.304. The first-order chi connectivity index (χ1) is 15.8. The maximum absolute atomic E-state index is 13.0. The van der Waals surface area contributed by atoms with Crippen LogP contribution in [0, 0.1) is 6.92 Å². The van der Waals surface area contributed by atoms with Crippen molar-refractivity contribution in [2.75, 3.05) is 45.8 Å². The van der Waals surface area contributed by atoms with Crippen molar-refractivity contribution in [1.82, 2.24) is 9.29 Å². The van der Waals surface area contributed by atoms with Crippen molar-refractivity contribution in [3.05, 3.63) is 65.0 Å². The number of hydrogen-bond donors (Lipinski definition) is 1. The molecule has 0 spiro atoms. The predicted octanol–water partition coefficient (Wildman–Crippen LogP) is 3.65. The van der Waals surface area contributed by atoms with Gasteiger partial charge in [-0.2, -0.15) is 4.31 Å². The number of carbonyl (C=O) groups excluding carboxylic acids is 1.